The first-order chi connectivity index (χ1) is 11.3. The van der Waals surface area contributed by atoms with E-state index in [0.717, 1.165) is 38.2 Å². The number of carbonyl (C=O) groups is 1. The maximum atomic E-state index is 12.0. The van der Waals surface area contributed by atoms with E-state index < -0.39 is 0 Å². The molecular weight excluding hydrogens is 288 g/mol. The van der Waals surface area contributed by atoms with Crippen LogP contribution in [0.4, 0.5) is 0 Å². The van der Waals surface area contributed by atoms with Gasteiger partial charge in [-0.3, -0.25) is 9.69 Å². The van der Waals surface area contributed by atoms with Gasteiger partial charge in [-0.2, -0.15) is 0 Å². The van der Waals surface area contributed by atoms with E-state index in [4.69, 9.17) is 4.42 Å². The lowest BCUT2D eigenvalue weighted by Gasteiger charge is -2.32. The molecule has 0 unspecified atom stereocenters. The zero-order valence-electron chi connectivity index (χ0n) is 13.4. The van der Waals surface area contributed by atoms with Crippen molar-refractivity contribution in [1.82, 2.24) is 10.2 Å². The van der Waals surface area contributed by atoms with E-state index in [0.29, 0.717) is 18.9 Å². The predicted molar refractivity (Wildman–Crippen MR) is 89.9 cm³/mol. The lowest BCUT2D eigenvalue weighted by molar-refractivity contribution is -0.122. The van der Waals surface area contributed by atoms with Gasteiger partial charge in [0.2, 0.25) is 5.91 Å². The summed E-state index contributed by atoms with van der Waals surface area (Å²) in [6, 6.07) is 14.6. The van der Waals surface area contributed by atoms with Gasteiger partial charge in [0.15, 0.2) is 0 Å². The van der Waals surface area contributed by atoms with Gasteiger partial charge >= 0.3 is 0 Å². The van der Waals surface area contributed by atoms with E-state index in [1.165, 1.54) is 5.56 Å². The zero-order valence-corrected chi connectivity index (χ0v) is 13.4. The van der Waals surface area contributed by atoms with Crippen molar-refractivity contribution >= 4 is 5.91 Å². The number of hydrogen-bond donors (Lipinski definition) is 1. The fraction of sp³-hybridized carbons (Fsp3) is 0.421. The molecule has 4 heteroatoms. The third kappa shape index (κ3) is 4.96. The third-order valence-corrected chi connectivity index (χ3v) is 4.38. The van der Waals surface area contributed by atoms with Crippen LogP contribution in [0.15, 0.2) is 53.1 Å². The number of carbonyl (C=O) groups excluding carboxylic acids is 1. The van der Waals surface area contributed by atoms with E-state index in [1.807, 2.05) is 18.2 Å². The Kier molecular flexibility index (Phi) is 5.48. The number of likely N-dealkylation sites (tertiary alicyclic amines) is 1. The molecule has 4 nitrogen and oxygen atoms in total. The average Bonchev–Trinajstić information content (AvgIpc) is 3.09. The third-order valence-electron chi connectivity index (χ3n) is 4.38. The molecule has 1 aromatic heterocycles. The zero-order chi connectivity index (χ0) is 15.9. The summed E-state index contributed by atoms with van der Waals surface area (Å²) in [7, 11) is 0. The lowest BCUT2D eigenvalue weighted by atomic mass is 10.0. The molecule has 1 fully saturated rings. The van der Waals surface area contributed by atoms with E-state index in [1.54, 1.807) is 6.26 Å². The second-order valence-electron chi connectivity index (χ2n) is 6.18. The molecule has 2 aromatic rings. The molecule has 0 saturated carbocycles. The summed E-state index contributed by atoms with van der Waals surface area (Å²) in [6.45, 7) is 3.08. The van der Waals surface area contributed by atoms with Gasteiger partial charge in [-0.05, 0) is 30.5 Å². The Balaban J connectivity index is 1.36. The van der Waals surface area contributed by atoms with Crippen LogP contribution in [-0.2, 0) is 17.8 Å². The quantitative estimate of drug-likeness (QED) is 0.892. The van der Waals surface area contributed by atoms with E-state index in [2.05, 4.69) is 34.5 Å². The summed E-state index contributed by atoms with van der Waals surface area (Å²) in [4.78, 5) is 14.5. The number of amides is 1. The SMILES string of the molecule is O=C(CCc1ccco1)NC1CCN(Cc2ccccc2)CC1. The Bertz CT molecular complexity index is 587. The summed E-state index contributed by atoms with van der Waals surface area (Å²) >= 11 is 0. The van der Waals surface area contributed by atoms with Gasteiger partial charge in [0.25, 0.3) is 0 Å². The molecule has 1 saturated heterocycles. The molecule has 1 N–H and O–H groups in total. The summed E-state index contributed by atoms with van der Waals surface area (Å²) < 4.78 is 5.26. The Hall–Kier alpha value is -2.07. The summed E-state index contributed by atoms with van der Waals surface area (Å²) in [5, 5.41) is 3.16. The van der Waals surface area contributed by atoms with Crippen LogP contribution >= 0.6 is 0 Å². The fourth-order valence-corrected chi connectivity index (χ4v) is 3.07. The Labute approximate surface area is 137 Å². The van der Waals surface area contributed by atoms with Crippen molar-refractivity contribution in [2.24, 2.45) is 0 Å². The maximum absolute atomic E-state index is 12.0. The Morgan fingerprint density at radius 3 is 2.61 bits per heavy atom. The average molecular weight is 312 g/mol. The number of nitrogens with one attached hydrogen (secondary N) is 1. The minimum absolute atomic E-state index is 0.128. The highest BCUT2D eigenvalue weighted by Gasteiger charge is 2.20. The Morgan fingerprint density at radius 2 is 1.91 bits per heavy atom. The Morgan fingerprint density at radius 1 is 1.13 bits per heavy atom. The van der Waals surface area contributed by atoms with Gasteiger partial charge in [0, 0.05) is 38.5 Å². The molecular formula is C19H24N2O2. The van der Waals surface area contributed by atoms with E-state index in [-0.39, 0.29) is 5.91 Å². The number of hydrogen-bond acceptors (Lipinski definition) is 3. The highest BCUT2D eigenvalue weighted by molar-refractivity contribution is 5.76. The molecule has 3 rings (SSSR count). The van der Waals surface area contributed by atoms with Crippen LogP contribution in [0.2, 0.25) is 0 Å². The van der Waals surface area contributed by atoms with Crippen LogP contribution in [0.3, 0.4) is 0 Å². The second kappa shape index (κ2) is 7.97. The van der Waals surface area contributed by atoms with Crippen molar-refractivity contribution in [3.8, 4) is 0 Å². The number of rotatable bonds is 6. The van der Waals surface area contributed by atoms with Crippen molar-refractivity contribution in [3.05, 3.63) is 60.1 Å². The van der Waals surface area contributed by atoms with Gasteiger partial charge in [-0.15, -0.1) is 0 Å². The van der Waals surface area contributed by atoms with Crippen molar-refractivity contribution in [3.63, 3.8) is 0 Å². The largest absolute Gasteiger partial charge is 0.469 e. The molecule has 0 radical (unpaired) electrons. The molecule has 1 aliphatic heterocycles. The highest BCUT2D eigenvalue weighted by atomic mass is 16.3. The van der Waals surface area contributed by atoms with Gasteiger partial charge in [-0.1, -0.05) is 30.3 Å². The smallest absolute Gasteiger partial charge is 0.220 e. The molecule has 1 aliphatic rings. The summed E-state index contributed by atoms with van der Waals surface area (Å²) in [5.41, 5.74) is 1.36. The van der Waals surface area contributed by atoms with Crippen molar-refractivity contribution in [2.45, 2.75) is 38.3 Å². The number of nitrogens with zero attached hydrogens (tertiary/aromatic N) is 1. The van der Waals surface area contributed by atoms with E-state index in [9.17, 15) is 4.79 Å². The van der Waals surface area contributed by atoms with Crippen molar-refractivity contribution < 1.29 is 9.21 Å². The summed E-state index contributed by atoms with van der Waals surface area (Å²) in [6.07, 6.45) is 4.87. The van der Waals surface area contributed by atoms with E-state index >= 15 is 0 Å². The van der Waals surface area contributed by atoms with Crippen molar-refractivity contribution in [2.75, 3.05) is 13.1 Å². The number of piperidine rings is 1. The highest BCUT2D eigenvalue weighted by Crippen LogP contribution is 2.14. The minimum Gasteiger partial charge on any atom is -0.469 e. The van der Waals surface area contributed by atoms with Gasteiger partial charge in [0.05, 0.1) is 6.26 Å². The van der Waals surface area contributed by atoms with Crippen molar-refractivity contribution in [1.29, 1.82) is 0 Å². The molecule has 0 aliphatic carbocycles. The van der Waals surface area contributed by atoms with Gasteiger partial charge < -0.3 is 9.73 Å². The first-order valence-corrected chi connectivity index (χ1v) is 8.37. The molecule has 0 bridgehead atoms. The maximum Gasteiger partial charge on any atom is 0.220 e. The fourth-order valence-electron chi connectivity index (χ4n) is 3.07. The minimum atomic E-state index is 0.128. The molecule has 23 heavy (non-hydrogen) atoms. The normalized spacial score (nSPS) is 16.3. The number of aryl methyl sites for hydroxylation is 1. The molecule has 1 amide bonds. The molecule has 0 spiro atoms. The van der Waals surface area contributed by atoms with Crippen LogP contribution in [0, 0.1) is 0 Å². The monoisotopic (exact) mass is 312 g/mol. The number of benzene rings is 1. The summed E-state index contributed by atoms with van der Waals surface area (Å²) in [5.74, 6) is 1.00. The predicted octanol–water partition coefficient (Wildman–Crippen LogP) is 2.99. The standard InChI is InChI=1S/C19H24N2O2/c22-19(9-8-18-7-4-14-23-18)20-17-10-12-21(13-11-17)15-16-5-2-1-3-6-16/h1-7,14,17H,8-13,15H2,(H,20,22). The number of furan rings is 1. The molecule has 2 heterocycles. The van der Waals surface area contributed by atoms with Crippen LogP contribution in [-0.4, -0.2) is 29.9 Å². The first-order valence-electron chi connectivity index (χ1n) is 8.37. The van der Waals surface area contributed by atoms with Gasteiger partial charge in [0.1, 0.15) is 5.76 Å². The topological polar surface area (TPSA) is 45.5 Å². The molecule has 122 valence electrons. The van der Waals surface area contributed by atoms with Gasteiger partial charge in [-0.25, -0.2) is 0 Å². The lowest BCUT2D eigenvalue weighted by Crippen LogP contribution is -2.44. The first kappa shape index (κ1) is 15.8. The molecule has 0 atom stereocenters. The van der Waals surface area contributed by atoms with Crippen LogP contribution in [0.25, 0.3) is 0 Å². The van der Waals surface area contributed by atoms with Crippen LogP contribution in [0.5, 0.6) is 0 Å². The van der Waals surface area contributed by atoms with Crippen LogP contribution in [0.1, 0.15) is 30.6 Å². The molecule has 1 aromatic carbocycles. The second-order valence-corrected chi connectivity index (χ2v) is 6.18. The van der Waals surface area contributed by atoms with Crippen LogP contribution < -0.4 is 5.32 Å².